The third-order valence-electron chi connectivity index (χ3n) is 4.57. The van der Waals surface area contributed by atoms with Gasteiger partial charge in [0.1, 0.15) is 0 Å². The molecule has 17 heavy (non-hydrogen) atoms. The van der Waals surface area contributed by atoms with Crippen LogP contribution >= 0.6 is 0 Å². The van der Waals surface area contributed by atoms with Crippen molar-refractivity contribution in [3.63, 3.8) is 0 Å². The molecule has 0 aromatic heterocycles. The summed E-state index contributed by atoms with van der Waals surface area (Å²) in [6.45, 7) is 8.52. The Bertz CT molecular complexity index is 240. The van der Waals surface area contributed by atoms with Gasteiger partial charge < -0.3 is 15.2 Å². The lowest BCUT2D eigenvalue weighted by molar-refractivity contribution is -0.245. The Hall–Kier alpha value is -0.160. The molecule has 2 atom stereocenters. The van der Waals surface area contributed by atoms with Gasteiger partial charge >= 0.3 is 0 Å². The average Bonchev–Trinajstić information content (AvgIpc) is 2.69. The fourth-order valence-corrected chi connectivity index (χ4v) is 3.33. The summed E-state index contributed by atoms with van der Waals surface area (Å²) in [6.07, 6.45) is 2.89. The van der Waals surface area contributed by atoms with E-state index in [1.807, 2.05) is 0 Å². The predicted molar refractivity (Wildman–Crippen MR) is 69.9 cm³/mol. The normalized spacial score (nSPS) is 29.8. The number of methoxy groups -OCH3 is 2. The minimum absolute atomic E-state index is 0.250. The number of ether oxygens (including phenoxy) is 2. The molecule has 0 amide bonds. The van der Waals surface area contributed by atoms with Crippen LogP contribution in [-0.4, -0.2) is 49.6 Å². The maximum Gasteiger partial charge on any atom is 0.187 e. The van der Waals surface area contributed by atoms with Gasteiger partial charge in [0.2, 0.25) is 0 Å². The highest BCUT2D eigenvalue weighted by Gasteiger charge is 2.57. The first-order valence-corrected chi connectivity index (χ1v) is 6.64. The predicted octanol–water partition coefficient (Wildman–Crippen LogP) is 1.59. The Morgan fingerprint density at radius 2 is 1.71 bits per heavy atom. The van der Waals surface area contributed by atoms with E-state index in [4.69, 9.17) is 15.2 Å². The van der Waals surface area contributed by atoms with E-state index in [2.05, 4.69) is 25.7 Å². The second-order valence-corrected chi connectivity index (χ2v) is 4.95. The van der Waals surface area contributed by atoms with E-state index < -0.39 is 11.3 Å². The summed E-state index contributed by atoms with van der Waals surface area (Å²) < 4.78 is 11.3. The molecule has 1 aliphatic rings. The van der Waals surface area contributed by atoms with Crippen molar-refractivity contribution in [2.24, 2.45) is 5.73 Å². The van der Waals surface area contributed by atoms with Crippen molar-refractivity contribution in [1.82, 2.24) is 4.90 Å². The highest BCUT2D eigenvalue weighted by Crippen LogP contribution is 2.44. The molecule has 0 radical (unpaired) electrons. The van der Waals surface area contributed by atoms with Gasteiger partial charge in [-0.1, -0.05) is 13.8 Å². The number of likely N-dealkylation sites (N-methyl/N-ethyl adjacent to an activating group) is 1. The SMILES string of the molecule is CCN(CC)C(C)C1(N)CCCC1(OC)OC. The zero-order valence-corrected chi connectivity index (χ0v) is 12.0. The van der Waals surface area contributed by atoms with Crippen LogP contribution in [0.3, 0.4) is 0 Å². The summed E-state index contributed by atoms with van der Waals surface area (Å²) in [5.41, 5.74) is 6.24. The zero-order valence-electron chi connectivity index (χ0n) is 12.0. The minimum Gasteiger partial charge on any atom is -0.351 e. The van der Waals surface area contributed by atoms with Crippen molar-refractivity contribution in [2.45, 2.75) is 57.4 Å². The Balaban J connectivity index is 2.98. The summed E-state index contributed by atoms with van der Waals surface area (Å²) in [7, 11) is 3.40. The lowest BCUT2D eigenvalue weighted by Crippen LogP contribution is -2.68. The van der Waals surface area contributed by atoms with Gasteiger partial charge in [-0.05, 0) is 32.9 Å². The number of nitrogens with two attached hydrogens (primary N) is 1. The number of nitrogens with zero attached hydrogens (tertiary/aromatic N) is 1. The third kappa shape index (κ3) is 2.24. The van der Waals surface area contributed by atoms with Gasteiger partial charge in [-0.2, -0.15) is 0 Å². The fourth-order valence-electron chi connectivity index (χ4n) is 3.33. The zero-order chi connectivity index (χ0) is 13.1. The fraction of sp³-hybridized carbons (Fsp3) is 1.00. The summed E-state index contributed by atoms with van der Waals surface area (Å²) in [5, 5.41) is 0. The van der Waals surface area contributed by atoms with Crippen LogP contribution in [0.2, 0.25) is 0 Å². The topological polar surface area (TPSA) is 47.7 Å². The molecular weight excluding hydrogens is 216 g/mol. The summed E-state index contributed by atoms with van der Waals surface area (Å²) in [5.74, 6) is -0.630. The van der Waals surface area contributed by atoms with E-state index >= 15 is 0 Å². The van der Waals surface area contributed by atoms with Crippen LogP contribution in [0.1, 0.15) is 40.0 Å². The Morgan fingerprint density at radius 3 is 2.12 bits per heavy atom. The molecule has 1 rings (SSSR count). The highest BCUT2D eigenvalue weighted by atomic mass is 16.7. The van der Waals surface area contributed by atoms with Crippen LogP contribution in [-0.2, 0) is 9.47 Å². The van der Waals surface area contributed by atoms with Gasteiger partial charge in [0, 0.05) is 26.7 Å². The first-order valence-electron chi connectivity index (χ1n) is 6.64. The third-order valence-corrected chi connectivity index (χ3v) is 4.57. The first kappa shape index (κ1) is 14.9. The van der Waals surface area contributed by atoms with Crippen molar-refractivity contribution < 1.29 is 9.47 Å². The molecule has 0 spiro atoms. The average molecular weight is 244 g/mol. The molecule has 4 heteroatoms. The minimum atomic E-state index is -0.630. The number of hydrogen-bond acceptors (Lipinski definition) is 4. The molecule has 4 nitrogen and oxygen atoms in total. The largest absolute Gasteiger partial charge is 0.351 e. The van der Waals surface area contributed by atoms with Crippen LogP contribution < -0.4 is 5.73 Å². The van der Waals surface area contributed by atoms with Gasteiger partial charge in [0.05, 0.1) is 5.54 Å². The quantitative estimate of drug-likeness (QED) is 0.721. The second-order valence-electron chi connectivity index (χ2n) is 4.95. The van der Waals surface area contributed by atoms with E-state index in [9.17, 15) is 0 Å². The summed E-state index contributed by atoms with van der Waals surface area (Å²) in [4.78, 5) is 2.37. The summed E-state index contributed by atoms with van der Waals surface area (Å²) >= 11 is 0. The summed E-state index contributed by atoms with van der Waals surface area (Å²) in [6, 6.07) is 0.250. The van der Waals surface area contributed by atoms with Crippen LogP contribution in [0.5, 0.6) is 0 Å². The lowest BCUT2D eigenvalue weighted by Gasteiger charge is -2.48. The van der Waals surface area contributed by atoms with Crippen LogP contribution in [0.25, 0.3) is 0 Å². The molecule has 0 heterocycles. The molecule has 0 aliphatic heterocycles. The Labute approximate surface area is 105 Å². The molecule has 1 aliphatic carbocycles. The van der Waals surface area contributed by atoms with E-state index in [0.717, 1.165) is 32.4 Å². The molecule has 102 valence electrons. The molecule has 0 aromatic rings. The molecule has 0 bridgehead atoms. The highest BCUT2D eigenvalue weighted by molar-refractivity contribution is 5.10. The molecule has 2 unspecified atom stereocenters. The second kappa shape index (κ2) is 5.65. The standard InChI is InChI=1S/C13H28N2O2/c1-6-15(7-2)11(3)12(14)9-8-10-13(12,16-4)17-5/h11H,6-10,14H2,1-5H3. The van der Waals surface area contributed by atoms with Gasteiger partial charge in [-0.25, -0.2) is 0 Å². The number of rotatable bonds is 6. The molecule has 2 N–H and O–H groups in total. The monoisotopic (exact) mass is 244 g/mol. The van der Waals surface area contributed by atoms with Crippen LogP contribution in [0.15, 0.2) is 0 Å². The molecule has 1 saturated carbocycles. The van der Waals surface area contributed by atoms with Crippen molar-refractivity contribution in [3.05, 3.63) is 0 Å². The van der Waals surface area contributed by atoms with Crippen LogP contribution in [0, 0.1) is 0 Å². The van der Waals surface area contributed by atoms with Crippen molar-refractivity contribution in [2.75, 3.05) is 27.3 Å². The lowest BCUT2D eigenvalue weighted by atomic mass is 9.84. The molecule has 1 fully saturated rings. The van der Waals surface area contributed by atoms with E-state index in [1.165, 1.54) is 0 Å². The van der Waals surface area contributed by atoms with Crippen LogP contribution in [0.4, 0.5) is 0 Å². The van der Waals surface area contributed by atoms with Gasteiger partial charge in [0.25, 0.3) is 0 Å². The van der Waals surface area contributed by atoms with Gasteiger partial charge in [-0.3, -0.25) is 4.90 Å². The van der Waals surface area contributed by atoms with E-state index in [-0.39, 0.29) is 6.04 Å². The van der Waals surface area contributed by atoms with Crippen molar-refractivity contribution in [1.29, 1.82) is 0 Å². The van der Waals surface area contributed by atoms with E-state index in [1.54, 1.807) is 14.2 Å². The Morgan fingerprint density at radius 1 is 1.18 bits per heavy atom. The first-order chi connectivity index (χ1) is 8.01. The van der Waals surface area contributed by atoms with Gasteiger partial charge in [0.15, 0.2) is 5.79 Å². The Kier molecular flexibility index (Phi) is 4.95. The van der Waals surface area contributed by atoms with Crippen molar-refractivity contribution in [3.8, 4) is 0 Å². The maximum absolute atomic E-state index is 6.66. The molecule has 0 aromatic carbocycles. The van der Waals surface area contributed by atoms with E-state index in [0.29, 0.717) is 0 Å². The van der Waals surface area contributed by atoms with Crippen molar-refractivity contribution >= 4 is 0 Å². The maximum atomic E-state index is 6.66. The molecular formula is C13H28N2O2. The number of hydrogen-bond donors (Lipinski definition) is 1. The smallest absolute Gasteiger partial charge is 0.187 e. The van der Waals surface area contributed by atoms with Gasteiger partial charge in [-0.15, -0.1) is 0 Å². The molecule has 0 saturated heterocycles.